The molecule has 1 aliphatic heterocycles. The van der Waals surface area contributed by atoms with Gasteiger partial charge in [0.05, 0.1) is 13.2 Å². The Morgan fingerprint density at radius 2 is 1.77 bits per heavy atom. The Hall–Kier alpha value is -2.60. The molecular weight excluding hydrogens is 392 g/mol. The van der Waals surface area contributed by atoms with Crippen LogP contribution in [0.5, 0.6) is 5.75 Å². The van der Waals surface area contributed by atoms with Crippen molar-refractivity contribution in [2.75, 3.05) is 20.2 Å². The van der Waals surface area contributed by atoms with Gasteiger partial charge in [0, 0.05) is 44.4 Å². The molecule has 1 saturated carbocycles. The second-order valence-electron chi connectivity index (χ2n) is 8.53. The third-order valence-corrected chi connectivity index (χ3v) is 6.51. The van der Waals surface area contributed by atoms with Crippen molar-refractivity contribution in [1.29, 1.82) is 0 Å². The number of nitrogens with zero attached hydrogens (tertiary/aromatic N) is 2. The van der Waals surface area contributed by atoms with Crippen molar-refractivity contribution in [1.82, 2.24) is 9.47 Å². The van der Waals surface area contributed by atoms with Crippen molar-refractivity contribution in [2.24, 2.45) is 0 Å². The first kappa shape index (κ1) is 21.6. The highest BCUT2D eigenvalue weighted by Crippen LogP contribution is 2.29. The van der Waals surface area contributed by atoms with E-state index in [1.54, 1.807) is 4.57 Å². The van der Waals surface area contributed by atoms with Gasteiger partial charge in [-0.25, -0.2) is 4.79 Å². The summed E-state index contributed by atoms with van der Waals surface area (Å²) in [5, 5.41) is 0. The average molecular weight is 425 g/mol. The van der Waals surface area contributed by atoms with Gasteiger partial charge in [0.1, 0.15) is 11.3 Å². The first-order chi connectivity index (χ1) is 15.1. The first-order valence-corrected chi connectivity index (χ1v) is 11.4. The van der Waals surface area contributed by atoms with Crippen LogP contribution in [0, 0.1) is 0 Å². The molecule has 1 fully saturated rings. The highest BCUT2D eigenvalue weighted by Gasteiger charge is 2.28. The van der Waals surface area contributed by atoms with Crippen molar-refractivity contribution in [2.45, 2.75) is 64.6 Å². The Balaban J connectivity index is 1.58. The Kier molecular flexibility index (Phi) is 6.76. The summed E-state index contributed by atoms with van der Waals surface area (Å²) in [6, 6.07) is 10.2. The van der Waals surface area contributed by atoms with E-state index < -0.39 is 5.97 Å². The zero-order valence-electron chi connectivity index (χ0n) is 18.6. The van der Waals surface area contributed by atoms with Gasteiger partial charge in [-0.15, -0.1) is 0 Å². The SMILES string of the molecule is CCc1ccc(CN2CCc3c(C(=O)OC)c(OC4CCCC4)cc(=O)n3CC2)cc1. The van der Waals surface area contributed by atoms with E-state index in [1.807, 2.05) is 0 Å². The normalized spacial score (nSPS) is 17.2. The summed E-state index contributed by atoms with van der Waals surface area (Å²) in [5.74, 6) is -0.0426. The maximum Gasteiger partial charge on any atom is 0.343 e. The molecule has 1 aromatic carbocycles. The molecule has 0 atom stereocenters. The molecule has 6 nitrogen and oxygen atoms in total. The summed E-state index contributed by atoms with van der Waals surface area (Å²) >= 11 is 0. The number of aryl methyl sites for hydroxylation is 1. The number of rotatable bonds is 6. The van der Waals surface area contributed by atoms with E-state index >= 15 is 0 Å². The minimum Gasteiger partial charge on any atom is -0.489 e. The molecule has 0 saturated heterocycles. The molecule has 0 bridgehead atoms. The van der Waals surface area contributed by atoms with Gasteiger partial charge in [0.25, 0.3) is 5.56 Å². The van der Waals surface area contributed by atoms with Crippen LogP contribution in [-0.4, -0.2) is 41.7 Å². The van der Waals surface area contributed by atoms with Crippen LogP contribution in [0.2, 0.25) is 0 Å². The number of hydrogen-bond acceptors (Lipinski definition) is 5. The van der Waals surface area contributed by atoms with Gasteiger partial charge in [0.2, 0.25) is 0 Å². The third-order valence-electron chi connectivity index (χ3n) is 6.51. The molecule has 0 spiro atoms. The molecule has 1 aliphatic carbocycles. The summed E-state index contributed by atoms with van der Waals surface area (Å²) in [7, 11) is 1.38. The number of pyridine rings is 1. The Labute approximate surface area is 183 Å². The number of hydrogen-bond donors (Lipinski definition) is 0. The van der Waals surface area contributed by atoms with E-state index in [1.165, 1.54) is 24.3 Å². The quantitative estimate of drug-likeness (QED) is 0.664. The van der Waals surface area contributed by atoms with Crippen molar-refractivity contribution in [3.05, 3.63) is 63.1 Å². The second kappa shape index (κ2) is 9.69. The standard InChI is InChI=1S/C25H32N2O4/c1-3-18-8-10-19(11-9-18)17-26-13-12-21-24(25(29)30-2)22(31-20-6-4-5-7-20)16-23(28)27(21)15-14-26/h8-11,16,20H,3-7,12-15,17H2,1-2H3. The number of carbonyl (C=O) groups excluding carboxylic acids is 1. The maximum atomic E-state index is 12.9. The fourth-order valence-corrected chi connectivity index (χ4v) is 4.69. The molecule has 4 rings (SSSR count). The minimum absolute atomic E-state index is 0.0687. The fraction of sp³-hybridized carbons (Fsp3) is 0.520. The summed E-state index contributed by atoms with van der Waals surface area (Å²) < 4.78 is 12.9. The Morgan fingerprint density at radius 3 is 2.45 bits per heavy atom. The number of benzene rings is 1. The summed E-state index contributed by atoms with van der Waals surface area (Å²) in [5.41, 5.74) is 3.63. The highest BCUT2D eigenvalue weighted by molar-refractivity contribution is 5.93. The Morgan fingerprint density at radius 1 is 1.06 bits per heavy atom. The fourth-order valence-electron chi connectivity index (χ4n) is 4.69. The highest BCUT2D eigenvalue weighted by atomic mass is 16.5. The molecule has 6 heteroatoms. The smallest absolute Gasteiger partial charge is 0.343 e. The molecule has 2 aromatic rings. The largest absolute Gasteiger partial charge is 0.489 e. The predicted molar refractivity (Wildman–Crippen MR) is 120 cm³/mol. The Bertz CT molecular complexity index is 974. The number of fused-ring (bicyclic) bond motifs is 1. The number of aromatic nitrogens is 1. The van der Waals surface area contributed by atoms with Gasteiger partial charge in [-0.1, -0.05) is 31.2 Å². The lowest BCUT2D eigenvalue weighted by atomic mass is 10.1. The van der Waals surface area contributed by atoms with Crippen LogP contribution >= 0.6 is 0 Å². The van der Waals surface area contributed by atoms with E-state index in [9.17, 15) is 9.59 Å². The van der Waals surface area contributed by atoms with Crippen LogP contribution in [0.3, 0.4) is 0 Å². The van der Waals surface area contributed by atoms with E-state index in [4.69, 9.17) is 9.47 Å². The van der Waals surface area contributed by atoms with Gasteiger partial charge in [-0.05, 0) is 43.2 Å². The molecule has 0 amide bonds. The summed E-state index contributed by atoms with van der Waals surface area (Å²) in [6.45, 7) is 5.06. The van der Waals surface area contributed by atoms with E-state index in [0.717, 1.165) is 57.4 Å². The monoisotopic (exact) mass is 424 g/mol. The number of methoxy groups -OCH3 is 1. The molecule has 2 aliphatic rings. The lowest BCUT2D eigenvalue weighted by molar-refractivity contribution is 0.0590. The van der Waals surface area contributed by atoms with Crippen LogP contribution in [0.15, 0.2) is 35.1 Å². The molecule has 2 heterocycles. The first-order valence-electron chi connectivity index (χ1n) is 11.4. The minimum atomic E-state index is -0.430. The van der Waals surface area contributed by atoms with Crippen molar-refractivity contribution >= 4 is 5.97 Å². The second-order valence-corrected chi connectivity index (χ2v) is 8.53. The third kappa shape index (κ3) is 4.85. The topological polar surface area (TPSA) is 60.8 Å². The molecule has 31 heavy (non-hydrogen) atoms. The zero-order valence-corrected chi connectivity index (χ0v) is 18.6. The summed E-state index contributed by atoms with van der Waals surface area (Å²) in [4.78, 5) is 28.0. The van der Waals surface area contributed by atoms with Crippen LogP contribution < -0.4 is 10.3 Å². The number of esters is 1. The molecule has 0 unspecified atom stereocenters. The maximum absolute atomic E-state index is 12.9. The van der Waals surface area contributed by atoms with Crippen LogP contribution in [0.1, 0.15) is 59.8 Å². The average Bonchev–Trinajstić information content (AvgIpc) is 3.20. The van der Waals surface area contributed by atoms with Gasteiger partial charge in [0.15, 0.2) is 0 Å². The van der Waals surface area contributed by atoms with E-state index in [-0.39, 0.29) is 11.7 Å². The summed E-state index contributed by atoms with van der Waals surface area (Å²) in [6.07, 6.45) is 5.87. The van der Waals surface area contributed by atoms with Gasteiger partial charge >= 0.3 is 5.97 Å². The lowest BCUT2D eigenvalue weighted by Gasteiger charge is -2.20. The van der Waals surface area contributed by atoms with E-state index in [2.05, 4.69) is 36.1 Å². The molecule has 1 aromatic heterocycles. The predicted octanol–water partition coefficient (Wildman–Crippen LogP) is 3.58. The molecule has 0 N–H and O–H groups in total. The van der Waals surface area contributed by atoms with Gasteiger partial charge in [-0.2, -0.15) is 0 Å². The number of ether oxygens (including phenoxy) is 2. The molecule has 166 valence electrons. The molecular formula is C25H32N2O4. The van der Waals surface area contributed by atoms with Gasteiger partial charge in [-0.3, -0.25) is 9.69 Å². The van der Waals surface area contributed by atoms with Crippen LogP contribution in [0.4, 0.5) is 0 Å². The van der Waals surface area contributed by atoms with Crippen molar-refractivity contribution < 1.29 is 14.3 Å². The lowest BCUT2D eigenvalue weighted by Crippen LogP contribution is -2.29. The van der Waals surface area contributed by atoms with Gasteiger partial charge < -0.3 is 14.0 Å². The molecule has 0 radical (unpaired) electrons. The van der Waals surface area contributed by atoms with Crippen molar-refractivity contribution in [3.63, 3.8) is 0 Å². The van der Waals surface area contributed by atoms with Crippen LogP contribution in [0.25, 0.3) is 0 Å². The van der Waals surface area contributed by atoms with Crippen LogP contribution in [-0.2, 0) is 30.7 Å². The zero-order chi connectivity index (χ0) is 21.8. The van der Waals surface area contributed by atoms with E-state index in [0.29, 0.717) is 24.3 Å². The number of carbonyl (C=O) groups is 1. The van der Waals surface area contributed by atoms with Crippen molar-refractivity contribution in [3.8, 4) is 5.75 Å².